The normalized spacial score (nSPS) is 10.8. The molecule has 0 saturated carbocycles. The number of aliphatic imine (C=N–C) groups is 1. The summed E-state index contributed by atoms with van der Waals surface area (Å²) in [6.45, 7) is 4.05. The molecule has 6 heteroatoms. The first-order valence-electron chi connectivity index (χ1n) is 7.62. The predicted molar refractivity (Wildman–Crippen MR) is 96.9 cm³/mol. The number of carbonyl (C=O) groups excluding carboxylic acids is 1. The summed E-state index contributed by atoms with van der Waals surface area (Å²) in [7, 11) is 0. The van der Waals surface area contributed by atoms with Crippen LogP contribution < -0.4 is 10.1 Å². The second-order valence-electron chi connectivity index (χ2n) is 4.98. The standard InChI is InChI=1S/C18H19ClN2O3/c1-3-17(22)21-15-7-5-14(6-8-15)20-11-12-9-13(19)10-16(18(12)23)24-4-2/h5-11,23H,3-4H2,1-2H3,(H,21,22). The van der Waals surface area contributed by atoms with Gasteiger partial charge in [-0.3, -0.25) is 9.79 Å². The molecule has 0 bridgehead atoms. The summed E-state index contributed by atoms with van der Waals surface area (Å²) in [5, 5.41) is 13.4. The van der Waals surface area contributed by atoms with E-state index in [2.05, 4.69) is 10.3 Å². The van der Waals surface area contributed by atoms with Crippen LogP contribution in [0.5, 0.6) is 11.5 Å². The summed E-state index contributed by atoms with van der Waals surface area (Å²) >= 11 is 6.03. The van der Waals surface area contributed by atoms with Crippen molar-refractivity contribution >= 4 is 35.1 Å². The zero-order chi connectivity index (χ0) is 17.5. The Hall–Kier alpha value is -2.53. The van der Waals surface area contributed by atoms with Crippen LogP contribution in [0.15, 0.2) is 41.4 Å². The number of amides is 1. The highest BCUT2D eigenvalue weighted by atomic mass is 35.5. The first kappa shape index (κ1) is 17.8. The van der Waals surface area contributed by atoms with Crippen molar-refractivity contribution in [1.29, 1.82) is 0 Å². The van der Waals surface area contributed by atoms with E-state index in [1.807, 2.05) is 6.92 Å². The summed E-state index contributed by atoms with van der Waals surface area (Å²) < 4.78 is 5.34. The third-order valence-corrected chi connectivity index (χ3v) is 3.41. The maximum Gasteiger partial charge on any atom is 0.224 e. The number of phenolic OH excluding ortho intramolecular Hbond substituents is 1. The molecule has 0 radical (unpaired) electrons. The lowest BCUT2D eigenvalue weighted by Gasteiger charge is -2.08. The lowest BCUT2D eigenvalue weighted by molar-refractivity contribution is -0.115. The van der Waals surface area contributed by atoms with Gasteiger partial charge in [0.05, 0.1) is 12.3 Å². The molecule has 0 aliphatic rings. The van der Waals surface area contributed by atoms with E-state index in [1.54, 1.807) is 43.3 Å². The summed E-state index contributed by atoms with van der Waals surface area (Å²) in [5.41, 5.74) is 1.86. The molecule has 2 N–H and O–H groups in total. The zero-order valence-electron chi connectivity index (χ0n) is 13.5. The van der Waals surface area contributed by atoms with E-state index in [9.17, 15) is 9.90 Å². The minimum Gasteiger partial charge on any atom is -0.504 e. The van der Waals surface area contributed by atoms with E-state index in [0.717, 1.165) is 0 Å². The van der Waals surface area contributed by atoms with Crippen LogP contribution in [0.3, 0.4) is 0 Å². The number of anilines is 1. The average Bonchev–Trinajstić information content (AvgIpc) is 2.58. The van der Waals surface area contributed by atoms with Crippen LogP contribution in [0, 0.1) is 0 Å². The molecule has 126 valence electrons. The SMILES string of the molecule is CCOc1cc(Cl)cc(C=Nc2ccc(NC(=O)CC)cc2)c1O. The fraction of sp³-hybridized carbons (Fsp3) is 0.222. The number of phenols is 1. The highest BCUT2D eigenvalue weighted by Crippen LogP contribution is 2.33. The van der Waals surface area contributed by atoms with E-state index in [1.165, 1.54) is 6.21 Å². The summed E-state index contributed by atoms with van der Waals surface area (Å²) in [6, 6.07) is 10.2. The van der Waals surface area contributed by atoms with Crippen molar-refractivity contribution in [3.63, 3.8) is 0 Å². The molecule has 0 spiro atoms. The van der Waals surface area contributed by atoms with Gasteiger partial charge in [0.2, 0.25) is 5.91 Å². The number of nitrogens with zero attached hydrogens (tertiary/aromatic N) is 1. The Morgan fingerprint density at radius 1 is 1.29 bits per heavy atom. The summed E-state index contributed by atoms with van der Waals surface area (Å²) in [4.78, 5) is 15.6. The Labute approximate surface area is 145 Å². The van der Waals surface area contributed by atoms with Gasteiger partial charge in [-0.2, -0.15) is 0 Å². The van der Waals surface area contributed by atoms with Gasteiger partial charge >= 0.3 is 0 Å². The molecule has 0 fully saturated rings. The average molecular weight is 347 g/mol. The molecule has 24 heavy (non-hydrogen) atoms. The number of halogens is 1. The Bertz CT molecular complexity index is 743. The van der Waals surface area contributed by atoms with Crippen LogP contribution in [-0.4, -0.2) is 23.8 Å². The maximum atomic E-state index is 11.3. The largest absolute Gasteiger partial charge is 0.504 e. The topological polar surface area (TPSA) is 70.9 Å². The van der Waals surface area contributed by atoms with Crippen molar-refractivity contribution in [3.8, 4) is 11.5 Å². The lowest BCUT2D eigenvalue weighted by Crippen LogP contribution is -2.08. The van der Waals surface area contributed by atoms with E-state index in [4.69, 9.17) is 16.3 Å². The van der Waals surface area contributed by atoms with Crippen LogP contribution in [0.4, 0.5) is 11.4 Å². The van der Waals surface area contributed by atoms with Crippen LogP contribution in [0.2, 0.25) is 5.02 Å². The Morgan fingerprint density at radius 2 is 2.00 bits per heavy atom. The van der Waals surface area contributed by atoms with Crippen molar-refractivity contribution in [2.24, 2.45) is 4.99 Å². The number of ether oxygens (including phenoxy) is 1. The third kappa shape index (κ3) is 4.73. The molecule has 0 aliphatic carbocycles. The van der Waals surface area contributed by atoms with Crippen LogP contribution in [-0.2, 0) is 4.79 Å². The Kier molecular flexibility index (Phi) is 6.21. The minimum absolute atomic E-state index is 0.00294. The molecule has 2 aromatic carbocycles. The monoisotopic (exact) mass is 346 g/mol. The van der Waals surface area contributed by atoms with Gasteiger partial charge < -0.3 is 15.2 Å². The Morgan fingerprint density at radius 3 is 2.62 bits per heavy atom. The number of aromatic hydroxyl groups is 1. The lowest BCUT2D eigenvalue weighted by atomic mass is 10.2. The summed E-state index contributed by atoms with van der Waals surface area (Å²) in [6.07, 6.45) is 1.94. The van der Waals surface area contributed by atoms with Gasteiger partial charge in [-0.25, -0.2) is 0 Å². The van der Waals surface area contributed by atoms with E-state index in [-0.39, 0.29) is 11.7 Å². The van der Waals surface area contributed by atoms with Crippen molar-refractivity contribution in [3.05, 3.63) is 47.0 Å². The van der Waals surface area contributed by atoms with Crippen LogP contribution >= 0.6 is 11.6 Å². The van der Waals surface area contributed by atoms with Gasteiger partial charge in [0.15, 0.2) is 11.5 Å². The molecular formula is C18H19ClN2O3. The first-order chi connectivity index (χ1) is 11.5. The third-order valence-electron chi connectivity index (χ3n) is 3.19. The maximum absolute atomic E-state index is 11.3. The molecule has 2 rings (SSSR count). The molecule has 0 unspecified atom stereocenters. The number of carbonyl (C=O) groups is 1. The number of hydrogen-bond donors (Lipinski definition) is 2. The van der Waals surface area contributed by atoms with Crippen molar-refractivity contribution in [2.75, 3.05) is 11.9 Å². The molecule has 0 atom stereocenters. The predicted octanol–water partition coefficient (Wildman–Crippen LogP) is 4.54. The molecule has 0 aromatic heterocycles. The Balaban J connectivity index is 2.17. The number of benzene rings is 2. The smallest absolute Gasteiger partial charge is 0.224 e. The van der Waals surface area contributed by atoms with Gasteiger partial charge in [-0.15, -0.1) is 0 Å². The minimum atomic E-state index is -0.0430. The number of rotatable bonds is 6. The molecule has 0 saturated heterocycles. The number of nitrogens with one attached hydrogen (secondary N) is 1. The van der Waals surface area contributed by atoms with Crippen molar-refractivity contribution < 1.29 is 14.6 Å². The van der Waals surface area contributed by atoms with Crippen molar-refractivity contribution in [2.45, 2.75) is 20.3 Å². The highest BCUT2D eigenvalue weighted by molar-refractivity contribution is 6.31. The van der Waals surface area contributed by atoms with Gasteiger partial charge in [0.1, 0.15) is 0 Å². The van der Waals surface area contributed by atoms with Crippen LogP contribution in [0.25, 0.3) is 0 Å². The first-order valence-corrected chi connectivity index (χ1v) is 8.00. The fourth-order valence-corrected chi connectivity index (χ4v) is 2.20. The molecule has 5 nitrogen and oxygen atoms in total. The molecule has 0 heterocycles. The quantitative estimate of drug-likeness (QED) is 0.754. The molecule has 1 amide bonds. The zero-order valence-corrected chi connectivity index (χ0v) is 14.3. The molecule has 2 aromatic rings. The van der Waals surface area contributed by atoms with E-state index >= 15 is 0 Å². The van der Waals surface area contributed by atoms with Crippen LogP contribution in [0.1, 0.15) is 25.8 Å². The molecule has 0 aliphatic heterocycles. The fourth-order valence-electron chi connectivity index (χ4n) is 1.98. The van der Waals surface area contributed by atoms with Crippen molar-refractivity contribution in [1.82, 2.24) is 0 Å². The second kappa shape index (κ2) is 8.36. The van der Waals surface area contributed by atoms with Gasteiger partial charge in [0, 0.05) is 35.0 Å². The van der Waals surface area contributed by atoms with Gasteiger partial charge in [-0.05, 0) is 37.3 Å². The second-order valence-corrected chi connectivity index (χ2v) is 5.42. The van der Waals surface area contributed by atoms with E-state index in [0.29, 0.717) is 40.7 Å². The summed E-state index contributed by atoms with van der Waals surface area (Å²) in [5.74, 6) is 0.277. The molecular weight excluding hydrogens is 328 g/mol. The van der Waals surface area contributed by atoms with Gasteiger partial charge in [0.25, 0.3) is 0 Å². The van der Waals surface area contributed by atoms with Gasteiger partial charge in [-0.1, -0.05) is 18.5 Å². The number of hydrogen-bond acceptors (Lipinski definition) is 4. The highest BCUT2D eigenvalue weighted by Gasteiger charge is 2.09. The van der Waals surface area contributed by atoms with E-state index < -0.39 is 0 Å².